The molecule has 0 bridgehead atoms. The highest BCUT2D eigenvalue weighted by atomic mass is 32.1. The fourth-order valence-electron chi connectivity index (χ4n) is 7.68. The molecule has 0 N–H and O–H groups in total. The number of rotatable bonds is 6. The Labute approximate surface area is 307 Å². The predicted molar refractivity (Wildman–Crippen MR) is 225 cm³/mol. The van der Waals surface area contributed by atoms with E-state index in [1.807, 2.05) is 11.3 Å². The van der Waals surface area contributed by atoms with Crippen LogP contribution in [0.3, 0.4) is 0 Å². The van der Waals surface area contributed by atoms with E-state index < -0.39 is 0 Å². The van der Waals surface area contributed by atoms with Gasteiger partial charge in [0.25, 0.3) is 0 Å². The lowest BCUT2D eigenvalue weighted by molar-refractivity contribution is 1.30. The molecule has 10 aromatic rings. The maximum absolute atomic E-state index is 2.42. The topological polar surface area (TPSA) is 3.24 Å². The van der Waals surface area contributed by atoms with Gasteiger partial charge in [-0.25, -0.2) is 0 Å². The molecule has 0 saturated carbocycles. The first-order chi connectivity index (χ1) is 25.8. The van der Waals surface area contributed by atoms with E-state index in [0.29, 0.717) is 0 Å². The maximum atomic E-state index is 2.42. The summed E-state index contributed by atoms with van der Waals surface area (Å²) in [6.07, 6.45) is 0. The highest BCUT2D eigenvalue weighted by Crippen LogP contribution is 2.45. The maximum Gasteiger partial charge on any atom is 0.0554 e. The zero-order valence-corrected chi connectivity index (χ0v) is 29.2. The number of anilines is 3. The second-order valence-electron chi connectivity index (χ2n) is 13.4. The molecule has 0 aliphatic heterocycles. The number of fused-ring (bicyclic) bond motifs is 5. The molecule has 0 saturated heterocycles. The van der Waals surface area contributed by atoms with E-state index in [2.05, 4.69) is 205 Å². The van der Waals surface area contributed by atoms with Gasteiger partial charge in [-0.2, -0.15) is 0 Å². The number of thiophene rings is 1. The monoisotopic (exact) mass is 679 g/mol. The van der Waals surface area contributed by atoms with Gasteiger partial charge in [0.2, 0.25) is 0 Å². The van der Waals surface area contributed by atoms with Crippen molar-refractivity contribution < 1.29 is 0 Å². The molecule has 2 heteroatoms. The van der Waals surface area contributed by atoms with Gasteiger partial charge in [-0.1, -0.05) is 140 Å². The second-order valence-corrected chi connectivity index (χ2v) is 14.4. The Morgan fingerprint density at radius 3 is 1.69 bits per heavy atom. The molecule has 0 fully saturated rings. The van der Waals surface area contributed by atoms with Crippen molar-refractivity contribution in [2.24, 2.45) is 0 Å². The molecule has 0 amide bonds. The van der Waals surface area contributed by atoms with Crippen LogP contribution in [0.4, 0.5) is 17.1 Å². The van der Waals surface area contributed by atoms with E-state index in [1.54, 1.807) is 0 Å². The highest BCUT2D eigenvalue weighted by Gasteiger charge is 2.19. The van der Waals surface area contributed by atoms with Gasteiger partial charge in [-0.15, -0.1) is 11.3 Å². The molecular weight excluding hydrogens is 647 g/mol. The number of hydrogen-bond acceptors (Lipinski definition) is 2. The first kappa shape index (κ1) is 30.4. The van der Waals surface area contributed by atoms with E-state index >= 15 is 0 Å². The Bertz CT molecular complexity index is 2890. The second kappa shape index (κ2) is 12.7. The van der Waals surface area contributed by atoms with Gasteiger partial charge in [0.15, 0.2) is 0 Å². The fraction of sp³-hybridized carbons (Fsp3) is 0. The Morgan fingerprint density at radius 1 is 0.327 bits per heavy atom. The molecule has 10 rings (SSSR count). The molecule has 244 valence electrons. The zero-order chi connectivity index (χ0) is 34.4. The van der Waals surface area contributed by atoms with Crippen molar-refractivity contribution in [2.75, 3.05) is 4.90 Å². The molecule has 0 atom stereocenters. The Morgan fingerprint density at radius 2 is 0.904 bits per heavy atom. The van der Waals surface area contributed by atoms with Crippen LogP contribution >= 0.6 is 11.3 Å². The SMILES string of the molecule is c1ccc(-c2ccc(N(c3ccc(-c4cc(-c5ccc6ccccc6c5)cc5ccccc45)cc3)c3cccc4sc5ccccc5c34)cc2)cc1. The van der Waals surface area contributed by atoms with Crippen LogP contribution in [0.5, 0.6) is 0 Å². The van der Waals surface area contributed by atoms with Gasteiger partial charge in [0.05, 0.1) is 5.69 Å². The standard InChI is InChI=1S/C50H33NS/c1-2-11-34(12-3-1)36-23-27-42(28-24-36)51(47-18-10-20-49-50(47)45-17-8-9-19-48(45)52-49)43-29-25-37(26-30-43)46-33-41(32-40-15-6-7-16-44(40)46)39-22-21-35-13-4-5-14-38(35)31-39/h1-33H. The molecule has 0 aliphatic carbocycles. The van der Waals surface area contributed by atoms with Gasteiger partial charge in [-0.05, 0) is 116 Å². The number of nitrogens with zero attached hydrogens (tertiary/aromatic N) is 1. The summed E-state index contributed by atoms with van der Waals surface area (Å²) in [6.45, 7) is 0. The lowest BCUT2D eigenvalue weighted by atomic mass is 9.92. The largest absolute Gasteiger partial charge is 0.310 e. The summed E-state index contributed by atoms with van der Waals surface area (Å²) < 4.78 is 2.59. The Balaban J connectivity index is 1.12. The average Bonchev–Trinajstić information content (AvgIpc) is 3.61. The van der Waals surface area contributed by atoms with Crippen LogP contribution < -0.4 is 4.90 Å². The summed E-state index contributed by atoms with van der Waals surface area (Å²) in [4.78, 5) is 2.42. The van der Waals surface area contributed by atoms with Gasteiger partial charge < -0.3 is 4.90 Å². The van der Waals surface area contributed by atoms with Crippen molar-refractivity contribution in [3.05, 3.63) is 200 Å². The van der Waals surface area contributed by atoms with Gasteiger partial charge in [0, 0.05) is 31.5 Å². The van der Waals surface area contributed by atoms with Crippen molar-refractivity contribution >= 4 is 70.1 Å². The molecule has 1 heterocycles. The summed E-state index contributed by atoms with van der Waals surface area (Å²) in [5, 5.41) is 7.58. The third-order valence-corrected chi connectivity index (χ3v) is 11.4. The third kappa shape index (κ3) is 5.33. The minimum absolute atomic E-state index is 1.12. The molecule has 0 aliphatic rings. The molecule has 9 aromatic carbocycles. The summed E-state index contributed by atoms with van der Waals surface area (Å²) in [5.41, 5.74) is 10.7. The van der Waals surface area contributed by atoms with E-state index in [4.69, 9.17) is 0 Å². The minimum atomic E-state index is 1.12. The highest BCUT2D eigenvalue weighted by molar-refractivity contribution is 7.26. The van der Waals surface area contributed by atoms with Gasteiger partial charge in [0.1, 0.15) is 0 Å². The van der Waals surface area contributed by atoms with E-state index in [9.17, 15) is 0 Å². The zero-order valence-electron chi connectivity index (χ0n) is 28.4. The first-order valence-electron chi connectivity index (χ1n) is 17.8. The minimum Gasteiger partial charge on any atom is -0.310 e. The van der Waals surface area contributed by atoms with Crippen molar-refractivity contribution in [1.29, 1.82) is 0 Å². The molecule has 0 unspecified atom stereocenters. The van der Waals surface area contributed by atoms with Crippen molar-refractivity contribution in [3.8, 4) is 33.4 Å². The molecule has 0 spiro atoms. The summed E-state index contributed by atoms with van der Waals surface area (Å²) in [6, 6.07) is 73.0. The average molecular weight is 680 g/mol. The molecule has 0 radical (unpaired) electrons. The van der Waals surface area contributed by atoms with Gasteiger partial charge >= 0.3 is 0 Å². The third-order valence-electron chi connectivity index (χ3n) is 10.2. The van der Waals surface area contributed by atoms with E-state index in [1.165, 1.54) is 80.8 Å². The summed E-state index contributed by atoms with van der Waals surface area (Å²) in [7, 11) is 0. The fourth-order valence-corrected chi connectivity index (χ4v) is 8.80. The van der Waals surface area contributed by atoms with E-state index in [0.717, 1.165) is 11.4 Å². The Kier molecular flexibility index (Phi) is 7.41. The normalized spacial score (nSPS) is 11.5. The van der Waals surface area contributed by atoms with Crippen molar-refractivity contribution in [3.63, 3.8) is 0 Å². The molecule has 1 nitrogen and oxygen atoms in total. The summed E-state index contributed by atoms with van der Waals surface area (Å²) >= 11 is 1.86. The molecule has 52 heavy (non-hydrogen) atoms. The van der Waals surface area contributed by atoms with Crippen LogP contribution in [0.25, 0.3) is 75.1 Å². The van der Waals surface area contributed by atoms with Crippen LogP contribution in [0.1, 0.15) is 0 Å². The summed E-state index contributed by atoms with van der Waals surface area (Å²) in [5.74, 6) is 0. The lowest BCUT2D eigenvalue weighted by Crippen LogP contribution is -2.10. The molecule has 1 aromatic heterocycles. The molecular formula is C50H33NS. The van der Waals surface area contributed by atoms with Crippen molar-refractivity contribution in [2.45, 2.75) is 0 Å². The van der Waals surface area contributed by atoms with Crippen molar-refractivity contribution in [1.82, 2.24) is 0 Å². The van der Waals surface area contributed by atoms with Crippen LogP contribution in [0.15, 0.2) is 200 Å². The van der Waals surface area contributed by atoms with Crippen LogP contribution in [0, 0.1) is 0 Å². The van der Waals surface area contributed by atoms with Crippen LogP contribution in [-0.4, -0.2) is 0 Å². The predicted octanol–water partition coefficient (Wildman–Crippen LogP) is 14.8. The smallest absolute Gasteiger partial charge is 0.0554 e. The van der Waals surface area contributed by atoms with E-state index in [-0.39, 0.29) is 0 Å². The number of hydrogen-bond donors (Lipinski definition) is 0. The quantitative estimate of drug-likeness (QED) is 0.169. The number of benzene rings is 9. The van der Waals surface area contributed by atoms with Crippen LogP contribution in [-0.2, 0) is 0 Å². The van der Waals surface area contributed by atoms with Crippen LogP contribution in [0.2, 0.25) is 0 Å². The first-order valence-corrected chi connectivity index (χ1v) is 18.6. The van der Waals surface area contributed by atoms with Gasteiger partial charge in [-0.3, -0.25) is 0 Å². The lowest BCUT2D eigenvalue weighted by Gasteiger charge is -2.27. The Hall–Kier alpha value is -6.48.